The van der Waals surface area contributed by atoms with Crippen molar-refractivity contribution in [3.05, 3.63) is 173 Å². The molecule has 0 bridgehead atoms. The summed E-state index contributed by atoms with van der Waals surface area (Å²) in [6.07, 6.45) is 0. The van der Waals surface area contributed by atoms with Gasteiger partial charge >= 0.3 is 0 Å². The standard InChI is InChI=1S/C39H23N3/c40-24-26-17-22-30(28(23-26)25-41)27-18-20-29(21-19-27)42-37-15-7-5-13-35(37)39(36-14-6-8-16-38(36)42)33-11-3-1-9-31(33)32-10-2-4-12-34(32)39/h1-23H. The fourth-order valence-electron chi connectivity index (χ4n) is 7.09. The van der Waals surface area contributed by atoms with Gasteiger partial charge in [-0.2, -0.15) is 10.5 Å². The molecule has 0 amide bonds. The lowest BCUT2D eigenvalue weighted by molar-refractivity contribution is 0.752. The van der Waals surface area contributed by atoms with Crippen LogP contribution < -0.4 is 4.90 Å². The predicted octanol–water partition coefficient (Wildman–Crippen LogP) is 9.24. The number of para-hydroxylation sites is 2. The molecule has 1 aliphatic carbocycles. The van der Waals surface area contributed by atoms with Crippen molar-refractivity contribution in [3.8, 4) is 34.4 Å². The van der Waals surface area contributed by atoms with Crippen LogP contribution in [0.15, 0.2) is 140 Å². The number of rotatable bonds is 2. The van der Waals surface area contributed by atoms with Crippen molar-refractivity contribution in [1.29, 1.82) is 10.5 Å². The van der Waals surface area contributed by atoms with Crippen molar-refractivity contribution >= 4 is 17.1 Å². The molecular weight excluding hydrogens is 510 g/mol. The molecule has 194 valence electrons. The van der Waals surface area contributed by atoms with Crippen molar-refractivity contribution in [3.63, 3.8) is 0 Å². The average molecular weight is 534 g/mol. The van der Waals surface area contributed by atoms with E-state index in [0.29, 0.717) is 11.1 Å². The van der Waals surface area contributed by atoms with Gasteiger partial charge in [-0.3, -0.25) is 0 Å². The van der Waals surface area contributed by atoms with Crippen LogP contribution in [0.25, 0.3) is 22.3 Å². The van der Waals surface area contributed by atoms with Crippen LogP contribution in [0.4, 0.5) is 17.1 Å². The summed E-state index contributed by atoms with van der Waals surface area (Å²) in [4.78, 5) is 2.35. The highest BCUT2D eigenvalue weighted by atomic mass is 15.2. The van der Waals surface area contributed by atoms with Gasteiger partial charge in [0.2, 0.25) is 0 Å². The van der Waals surface area contributed by atoms with Crippen molar-refractivity contribution in [2.75, 3.05) is 4.90 Å². The minimum Gasteiger partial charge on any atom is -0.310 e. The Kier molecular flexibility index (Phi) is 5.17. The topological polar surface area (TPSA) is 50.8 Å². The van der Waals surface area contributed by atoms with Gasteiger partial charge in [0.15, 0.2) is 0 Å². The highest BCUT2D eigenvalue weighted by Gasteiger charge is 2.51. The SMILES string of the molecule is N#Cc1ccc(-c2ccc(N3c4ccccc4C4(c5ccccc5-c5ccccc54)c4ccccc43)cc2)c(C#N)c1. The van der Waals surface area contributed by atoms with Crippen molar-refractivity contribution in [2.45, 2.75) is 5.41 Å². The Morgan fingerprint density at radius 2 is 1.00 bits per heavy atom. The van der Waals surface area contributed by atoms with Gasteiger partial charge in [-0.25, -0.2) is 0 Å². The smallest absolute Gasteiger partial charge is 0.0998 e. The molecule has 0 fully saturated rings. The summed E-state index contributed by atoms with van der Waals surface area (Å²) >= 11 is 0. The summed E-state index contributed by atoms with van der Waals surface area (Å²) in [6.45, 7) is 0. The van der Waals surface area contributed by atoms with E-state index in [1.165, 1.54) is 33.4 Å². The van der Waals surface area contributed by atoms with Gasteiger partial charge < -0.3 is 4.90 Å². The van der Waals surface area contributed by atoms with Gasteiger partial charge in [0.1, 0.15) is 0 Å². The zero-order valence-electron chi connectivity index (χ0n) is 22.6. The third-order valence-corrected chi connectivity index (χ3v) is 8.76. The zero-order valence-corrected chi connectivity index (χ0v) is 22.6. The number of nitriles is 2. The maximum absolute atomic E-state index is 9.75. The maximum atomic E-state index is 9.75. The van der Waals surface area contributed by atoms with Crippen LogP contribution in [-0.2, 0) is 5.41 Å². The normalized spacial score (nSPS) is 13.3. The second-order valence-corrected chi connectivity index (χ2v) is 10.7. The van der Waals surface area contributed by atoms with E-state index in [1.807, 2.05) is 6.07 Å². The van der Waals surface area contributed by atoms with Gasteiger partial charge in [-0.15, -0.1) is 0 Å². The van der Waals surface area contributed by atoms with Crippen molar-refractivity contribution < 1.29 is 0 Å². The van der Waals surface area contributed by atoms with Gasteiger partial charge in [-0.1, -0.05) is 103 Å². The molecule has 0 saturated carbocycles. The van der Waals surface area contributed by atoms with E-state index in [1.54, 1.807) is 12.1 Å². The molecule has 1 heterocycles. The summed E-state index contributed by atoms with van der Waals surface area (Å²) < 4.78 is 0. The molecule has 1 aliphatic heterocycles. The quantitative estimate of drug-likeness (QED) is 0.222. The number of hydrogen-bond acceptors (Lipinski definition) is 3. The molecule has 1 spiro atoms. The lowest BCUT2D eigenvalue weighted by atomic mass is 9.64. The third-order valence-electron chi connectivity index (χ3n) is 8.76. The molecule has 42 heavy (non-hydrogen) atoms. The lowest BCUT2D eigenvalue weighted by Crippen LogP contribution is -2.36. The van der Waals surface area contributed by atoms with Crippen LogP contribution in [0.3, 0.4) is 0 Å². The number of fused-ring (bicyclic) bond motifs is 9. The van der Waals surface area contributed by atoms with Crippen LogP contribution >= 0.6 is 0 Å². The van der Waals surface area contributed by atoms with E-state index in [9.17, 15) is 10.5 Å². The van der Waals surface area contributed by atoms with E-state index in [2.05, 4.69) is 138 Å². The number of nitrogens with zero attached hydrogens (tertiary/aromatic N) is 3. The number of benzene rings is 6. The van der Waals surface area contributed by atoms with E-state index < -0.39 is 5.41 Å². The number of anilines is 3. The second kappa shape index (κ2) is 9.07. The highest BCUT2D eigenvalue weighted by molar-refractivity contribution is 5.95. The highest BCUT2D eigenvalue weighted by Crippen LogP contribution is 2.63. The molecule has 3 heteroatoms. The Bertz CT molecular complexity index is 2030. The molecule has 0 atom stereocenters. The fraction of sp³-hybridized carbons (Fsp3) is 0.0256. The summed E-state index contributed by atoms with van der Waals surface area (Å²) in [6, 6.07) is 53.2. The first-order valence-corrected chi connectivity index (χ1v) is 14.0. The first kappa shape index (κ1) is 23.9. The molecule has 0 saturated heterocycles. The largest absolute Gasteiger partial charge is 0.310 e. The van der Waals surface area contributed by atoms with Crippen LogP contribution in [-0.4, -0.2) is 0 Å². The Labute approximate surface area is 244 Å². The summed E-state index contributed by atoms with van der Waals surface area (Å²) in [5, 5.41) is 19.0. The number of hydrogen-bond donors (Lipinski definition) is 0. The minimum atomic E-state index is -0.430. The molecule has 0 unspecified atom stereocenters. The Hall–Kier alpha value is -5.90. The molecular formula is C39H23N3. The van der Waals surface area contributed by atoms with Gasteiger partial charge in [0, 0.05) is 5.69 Å². The minimum absolute atomic E-state index is 0.430. The first-order valence-electron chi connectivity index (χ1n) is 14.0. The van der Waals surface area contributed by atoms with E-state index in [4.69, 9.17) is 0 Å². The van der Waals surface area contributed by atoms with E-state index >= 15 is 0 Å². The van der Waals surface area contributed by atoms with E-state index in [0.717, 1.165) is 28.2 Å². The molecule has 0 N–H and O–H groups in total. The summed E-state index contributed by atoms with van der Waals surface area (Å²) in [5.74, 6) is 0. The zero-order chi connectivity index (χ0) is 28.3. The van der Waals surface area contributed by atoms with Crippen LogP contribution in [0.1, 0.15) is 33.4 Å². The molecule has 0 radical (unpaired) electrons. The van der Waals surface area contributed by atoms with Crippen LogP contribution in [0.5, 0.6) is 0 Å². The van der Waals surface area contributed by atoms with Crippen LogP contribution in [0.2, 0.25) is 0 Å². The summed E-state index contributed by atoms with van der Waals surface area (Å²) in [5.41, 5.74) is 13.3. The maximum Gasteiger partial charge on any atom is 0.0998 e. The fourth-order valence-corrected chi connectivity index (χ4v) is 7.09. The Morgan fingerprint density at radius 1 is 0.476 bits per heavy atom. The van der Waals surface area contributed by atoms with Crippen molar-refractivity contribution in [2.24, 2.45) is 0 Å². The van der Waals surface area contributed by atoms with E-state index in [-0.39, 0.29) is 0 Å². The van der Waals surface area contributed by atoms with Crippen LogP contribution in [0, 0.1) is 22.7 Å². The predicted molar refractivity (Wildman–Crippen MR) is 167 cm³/mol. The molecule has 6 aromatic rings. The third kappa shape index (κ3) is 3.14. The lowest BCUT2D eigenvalue weighted by Gasteiger charge is -2.45. The molecule has 2 aliphatic rings. The molecule has 8 rings (SSSR count). The van der Waals surface area contributed by atoms with Gasteiger partial charge in [0.05, 0.1) is 40.1 Å². The monoisotopic (exact) mass is 533 g/mol. The van der Waals surface area contributed by atoms with Crippen molar-refractivity contribution in [1.82, 2.24) is 0 Å². The molecule has 0 aromatic heterocycles. The second-order valence-electron chi connectivity index (χ2n) is 10.7. The van der Waals surface area contributed by atoms with Gasteiger partial charge in [0.25, 0.3) is 0 Å². The Balaban J connectivity index is 1.35. The first-order chi connectivity index (χ1) is 20.8. The summed E-state index contributed by atoms with van der Waals surface area (Å²) in [7, 11) is 0. The molecule has 6 aromatic carbocycles. The Morgan fingerprint density at radius 3 is 1.55 bits per heavy atom. The molecule has 3 nitrogen and oxygen atoms in total. The average Bonchev–Trinajstić information content (AvgIpc) is 3.36. The van der Waals surface area contributed by atoms with Gasteiger partial charge in [-0.05, 0) is 80.9 Å².